The molecule has 2 amide bonds. The van der Waals surface area contributed by atoms with Crippen LogP contribution in [0.3, 0.4) is 0 Å². The smallest absolute Gasteiger partial charge is 0.232 e. The Kier molecular flexibility index (Phi) is 8.07. The molecule has 46 heavy (non-hydrogen) atoms. The van der Waals surface area contributed by atoms with Gasteiger partial charge in [-0.2, -0.15) is 0 Å². The number of H-pyrrole nitrogens is 1. The number of aromatic hydroxyl groups is 1. The van der Waals surface area contributed by atoms with Crippen LogP contribution in [-0.4, -0.2) is 49.9 Å². The molecule has 0 aliphatic carbocycles. The zero-order valence-corrected chi connectivity index (χ0v) is 26.0. The van der Waals surface area contributed by atoms with Crippen LogP contribution >= 0.6 is 11.3 Å². The standard InChI is InChI=1S/C37H33N5O3S/c43-33(42-18-14-37(15-19-42,23-26-5-2-1-3-6-26)35(45)41-36-39-17-20-46-36)21-25-9-11-27(12-10-25)29-7-4-8-30(34(29)44)31-22-28-13-16-38-24-32(28)40-31/h1-13,16-17,20,22,24,40,44H,14-15,18-19,21,23H2,(H,39,41,45). The molecule has 0 saturated carbocycles. The van der Waals surface area contributed by atoms with Gasteiger partial charge in [-0.1, -0.05) is 66.7 Å². The molecule has 4 heterocycles. The molecular weight excluding hydrogens is 595 g/mol. The van der Waals surface area contributed by atoms with Crippen molar-refractivity contribution in [1.82, 2.24) is 19.9 Å². The summed E-state index contributed by atoms with van der Waals surface area (Å²) in [5.41, 5.74) is 5.40. The van der Waals surface area contributed by atoms with Gasteiger partial charge in [-0.05, 0) is 54.2 Å². The van der Waals surface area contributed by atoms with E-state index >= 15 is 0 Å². The lowest BCUT2D eigenvalue weighted by Crippen LogP contribution is -2.49. The number of aromatic nitrogens is 3. The molecule has 230 valence electrons. The van der Waals surface area contributed by atoms with E-state index in [0.717, 1.165) is 33.3 Å². The summed E-state index contributed by atoms with van der Waals surface area (Å²) in [5, 5.41) is 17.7. The van der Waals surface area contributed by atoms with Crippen molar-refractivity contribution in [2.45, 2.75) is 25.7 Å². The van der Waals surface area contributed by atoms with E-state index in [-0.39, 0.29) is 24.0 Å². The van der Waals surface area contributed by atoms with Gasteiger partial charge in [0.1, 0.15) is 5.75 Å². The average Bonchev–Trinajstić information content (AvgIpc) is 3.76. The topological polar surface area (TPSA) is 111 Å². The number of phenols is 1. The van der Waals surface area contributed by atoms with Gasteiger partial charge in [-0.15, -0.1) is 11.3 Å². The number of anilines is 1. The van der Waals surface area contributed by atoms with Crippen molar-refractivity contribution < 1.29 is 14.7 Å². The number of para-hydroxylation sites is 1. The predicted molar refractivity (Wildman–Crippen MR) is 181 cm³/mol. The quantitative estimate of drug-likeness (QED) is 0.167. The molecule has 3 aromatic carbocycles. The van der Waals surface area contributed by atoms with Crippen LogP contribution in [0.2, 0.25) is 0 Å². The van der Waals surface area contributed by atoms with Crippen LogP contribution in [0.5, 0.6) is 5.75 Å². The summed E-state index contributed by atoms with van der Waals surface area (Å²) >= 11 is 1.40. The van der Waals surface area contributed by atoms with Crippen LogP contribution < -0.4 is 5.32 Å². The minimum Gasteiger partial charge on any atom is -0.507 e. The van der Waals surface area contributed by atoms with E-state index in [1.54, 1.807) is 18.6 Å². The van der Waals surface area contributed by atoms with Crippen molar-refractivity contribution in [3.8, 4) is 28.1 Å². The molecule has 0 atom stereocenters. The Bertz CT molecular complexity index is 1950. The molecule has 1 aliphatic rings. The van der Waals surface area contributed by atoms with Crippen LogP contribution in [0.15, 0.2) is 109 Å². The van der Waals surface area contributed by atoms with Crippen LogP contribution in [0, 0.1) is 5.41 Å². The molecule has 3 aromatic heterocycles. The fraction of sp³-hybridized carbons (Fsp3) is 0.189. The second-order valence-corrected chi connectivity index (χ2v) is 12.7. The Morgan fingerprint density at radius 3 is 2.43 bits per heavy atom. The highest BCUT2D eigenvalue weighted by Crippen LogP contribution is 2.39. The van der Waals surface area contributed by atoms with Crippen LogP contribution in [-0.2, 0) is 22.4 Å². The normalized spacial score (nSPS) is 14.3. The first-order valence-corrected chi connectivity index (χ1v) is 16.2. The van der Waals surface area contributed by atoms with Crippen LogP contribution in [0.1, 0.15) is 24.0 Å². The third-order valence-electron chi connectivity index (χ3n) is 8.96. The molecule has 3 N–H and O–H groups in total. The summed E-state index contributed by atoms with van der Waals surface area (Å²) in [6, 6.07) is 27.5. The number of carbonyl (C=O) groups excluding carboxylic acids is 2. The van der Waals surface area contributed by atoms with Crippen LogP contribution in [0.4, 0.5) is 5.13 Å². The number of amides is 2. The van der Waals surface area contributed by atoms with E-state index in [1.165, 1.54) is 11.3 Å². The highest BCUT2D eigenvalue weighted by atomic mass is 32.1. The van der Waals surface area contributed by atoms with Gasteiger partial charge in [-0.3, -0.25) is 14.6 Å². The number of hydrogen-bond acceptors (Lipinski definition) is 6. The maximum atomic E-state index is 13.6. The first-order chi connectivity index (χ1) is 22.5. The van der Waals surface area contributed by atoms with Crippen molar-refractivity contribution >= 4 is 39.2 Å². The highest BCUT2D eigenvalue weighted by Gasteiger charge is 2.42. The van der Waals surface area contributed by atoms with Gasteiger partial charge in [0.2, 0.25) is 11.8 Å². The van der Waals surface area contributed by atoms with Crippen molar-refractivity contribution in [2.75, 3.05) is 18.4 Å². The van der Waals surface area contributed by atoms with E-state index in [4.69, 9.17) is 0 Å². The van der Waals surface area contributed by atoms with E-state index in [2.05, 4.69) is 32.4 Å². The van der Waals surface area contributed by atoms with Crippen LogP contribution in [0.25, 0.3) is 33.3 Å². The summed E-state index contributed by atoms with van der Waals surface area (Å²) < 4.78 is 0. The van der Waals surface area contributed by atoms with Gasteiger partial charge in [0.15, 0.2) is 5.13 Å². The number of piperidine rings is 1. The second-order valence-electron chi connectivity index (χ2n) is 11.8. The van der Waals surface area contributed by atoms with Gasteiger partial charge in [0, 0.05) is 47.4 Å². The van der Waals surface area contributed by atoms with Gasteiger partial charge in [0.25, 0.3) is 0 Å². The first kappa shape index (κ1) is 29.4. The van der Waals surface area contributed by atoms with Crippen molar-refractivity contribution in [3.63, 3.8) is 0 Å². The van der Waals surface area contributed by atoms with E-state index in [0.29, 0.717) is 48.6 Å². The lowest BCUT2D eigenvalue weighted by Gasteiger charge is -2.40. The van der Waals surface area contributed by atoms with Gasteiger partial charge < -0.3 is 20.3 Å². The SMILES string of the molecule is O=C(Cc1ccc(-c2cccc(-c3cc4ccncc4[nH]3)c2O)cc1)N1CCC(Cc2ccccc2)(C(=O)Nc2nccs2)CC1. The van der Waals surface area contributed by atoms with E-state index < -0.39 is 5.41 Å². The van der Waals surface area contributed by atoms with Crippen molar-refractivity contribution in [3.05, 3.63) is 120 Å². The minimum absolute atomic E-state index is 0.0390. The Balaban J connectivity index is 1.03. The molecule has 0 spiro atoms. The third kappa shape index (κ3) is 6.01. The molecule has 0 radical (unpaired) electrons. The highest BCUT2D eigenvalue weighted by molar-refractivity contribution is 7.13. The summed E-state index contributed by atoms with van der Waals surface area (Å²) in [7, 11) is 0. The predicted octanol–water partition coefficient (Wildman–Crippen LogP) is 7.09. The lowest BCUT2D eigenvalue weighted by molar-refractivity contribution is -0.137. The molecule has 9 heteroatoms. The first-order valence-electron chi connectivity index (χ1n) is 15.3. The summed E-state index contributed by atoms with van der Waals surface area (Å²) in [4.78, 5) is 40.6. The second kappa shape index (κ2) is 12.6. The zero-order valence-electron chi connectivity index (χ0n) is 25.1. The fourth-order valence-electron chi connectivity index (χ4n) is 6.37. The number of benzene rings is 3. The fourth-order valence-corrected chi connectivity index (χ4v) is 6.89. The Hall–Kier alpha value is -5.28. The molecule has 7 rings (SSSR count). The summed E-state index contributed by atoms with van der Waals surface area (Å²) in [6.45, 7) is 1.03. The number of pyridine rings is 1. The molecule has 1 fully saturated rings. The molecule has 6 aromatic rings. The maximum Gasteiger partial charge on any atom is 0.232 e. The van der Waals surface area contributed by atoms with E-state index in [1.807, 2.05) is 83.1 Å². The Labute approximate surface area is 270 Å². The number of nitrogens with zero attached hydrogens (tertiary/aromatic N) is 3. The van der Waals surface area contributed by atoms with Crippen molar-refractivity contribution in [2.24, 2.45) is 5.41 Å². The number of aromatic amines is 1. The lowest BCUT2D eigenvalue weighted by atomic mass is 9.73. The molecule has 1 saturated heterocycles. The largest absolute Gasteiger partial charge is 0.507 e. The number of thiazole rings is 1. The van der Waals surface area contributed by atoms with Gasteiger partial charge in [0.05, 0.1) is 29.2 Å². The molecule has 8 nitrogen and oxygen atoms in total. The van der Waals surface area contributed by atoms with Gasteiger partial charge in [-0.25, -0.2) is 4.98 Å². The number of carbonyl (C=O) groups is 2. The number of nitrogens with one attached hydrogen (secondary N) is 2. The van der Waals surface area contributed by atoms with Gasteiger partial charge >= 0.3 is 0 Å². The Morgan fingerprint density at radius 1 is 0.913 bits per heavy atom. The monoisotopic (exact) mass is 627 g/mol. The Morgan fingerprint density at radius 2 is 1.70 bits per heavy atom. The summed E-state index contributed by atoms with van der Waals surface area (Å²) in [5.74, 6) is 0.194. The number of likely N-dealkylation sites (tertiary alicyclic amines) is 1. The van der Waals surface area contributed by atoms with E-state index in [9.17, 15) is 14.7 Å². The maximum absolute atomic E-state index is 13.6. The average molecular weight is 628 g/mol. The van der Waals surface area contributed by atoms with Crippen molar-refractivity contribution in [1.29, 1.82) is 0 Å². The minimum atomic E-state index is -0.619. The molecule has 0 unspecified atom stereocenters. The number of hydrogen-bond donors (Lipinski definition) is 3. The molecule has 0 bridgehead atoms. The number of phenolic OH excluding ortho intramolecular Hbond substituents is 1. The molecular formula is C37H33N5O3S. The number of rotatable bonds is 8. The number of fused-ring (bicyclic) bond motifs is 1. The third-order valence-corrected chi connectivity index (χ3v) is 9.65. The molecule has 1 aliphatic heterocycles. The zero-order chi connectivity index (χ0) is 31.5. The summed E-state index contributed by atoms with van der Waals surface area (Å²) in [6.07, 6.45) is 7.23.